The third-order valence-electron chi connectivity index (χ3n) is 4.10. The van der Waals surface area contributed by atoms with E-state index in [1.165, 1.54) is 4.90 Å². The molecule has 6 heteroatoms. The maximum absolute atomic E-state index is 12.3. The molecule has 1 fully saturated rings. The zero-order valence-electron chi connectivity index (χ0n) is 13.7. The Labute approximate surface area is 139 Å². The molecule has 3 amide bonds. The molecule has 1 N–H and O–H groups in total. The number of benzene rings is 1. The van der Waals surface area contributed by atoms with Gasteiger partial charge < -0.3 is 5.32 Å². The average Bonchev–Trinajstić information content (AvgIpc) is 2.81. The molecule has 0 bridgehead atoms. The number of rotatable bonds is 4. The van der Waals surface area contributed by atoms with E-state index in [9.17, 15) is 14.4 Å². The van der Waals surface area contributed by atoms with Crippen LogP contribution in [-0.2, 0) is 20.8 Å². The summed E-state index contributed by atoms with van der Waals surface area (Å²) in [7, 11) is 0. The minimum Gasteiger partial charge on any atom is -0.343 e. The maximum Gasteiger partial charge on any atom is 0.252 e. The first-order chi connectivity index (χ1) is 11.5. The summed E-state index contributed by atoms with van der Waals surface area (Å²) < 4.78 is 0. The number of carbonyl (C=O) groups excluding carboxylic acids is 3. The number of imide groups is 1. The summed E-state index contributed by atoms with van der Waals surface area (Å²) >= 11 is 0. The van der Waals surface area contributed by atoms with Gasteiger partial charge in [-0.15, -0.1) is 0 Å². The molecule has 1 aromatic carbocycles. The Balaban J connectivity index is 1.72. The molecule has 0 aliphatic carbocycles. The van der Waals surface area contributed by atoms with E-state index in [0.29, 0.717) is 0 Å². The first-order valence-electron chi connectivity index (χ1n) is 7.95. The lowest BCUT2D eigenvalue weighted by atomic mass is 10.1. The molecule has 6 nitrogen and oxygen atoms in total. The van der Waals surface area contributed by atoms with Crippen molar-refractivity contribution in [1.82, 2.24) is 15.2 Å². The van der Waals surface area contributed by atoms with Crippen LogP contribution in [0.1, 0.15) is 25.8 Å². The molecule has 1 atom stereocenters. The zero-order chi connectivity index (χ0) is 17.3. The van der Waals surface area contributed by atoms with Crippen molar-refractivity contribution >= 4 is 28.6 Å². The van der Waals surface area contributed by atoms with Crippen LogP contribution < -0.4 is 5.32 Å². The first kappa shape index (κ1) is 16.1. The highest BCUT2D eigenvalue weighted by atomic mass is 16.2. The van der Waals surface area contributed by atoms with Crippen molar-refractivity contribution in [2.24, 2.45) is 0 Å². The third-order valence-corrected chi connectivity index (χ3v) is 4.10. The Kier molecular flexibility index (Phi) is 4.29. The highest BCUT2D eigenvalue weighted by Crippen LogP contribution is 2.18. The third kappa shape index (κ3) is 2.99. The molecule has 1 aromatic heterocycles. The van der Waals surface area contributed by atoms with E-state index in [0.717, 1.165) is 16.5 Å². The second kappa shape index (κ2) is 6.39. The summed E-state index contributed by atoms with van der Waals surface area (Å²) in [6.45, 7) is 3.56. The topological polar surface area (TPSA) is 79.4 Å². The summed E-state index contributed by atoms with van der Waals surface area (Å²) in [4.78, 5) is 42.0. The summed E-state index contributed by atoms with van der Waals surface area (Å²) in [5.41, 5.74) is 1.57. The van der Waals surface area contributed by atoms with Gasteiger partial charge in [0.2, 0.25) is 11.8 Å². The van der Waals surface area contributed by atoms with Gasteiger partial charge in [-0.3, -0.25) is 24.3 Å². The van der Waals surface area contributed by atoms with E-state index in [-0.39, 0.29) is 36.6 Å². The Bertz CT molecular complexity index is 811. The second-order valence-electron chi connectivity index (χ2n) is 6.19. The number of likely N-dealkylation sites (tertiary alicyclic amines) is 1. The van der Waals surface area contributed by atoms with Gasteiger partial charge in [0.15, 0.2) is 0 Å². The number of hydrogen-bond acceptors (Lipinski definition) is 4. The van der Waals surface area contributed by atoms with Crippen LogP contribution in [0.5, 0.6) is 0 Å². The number of pyridine rings is 1. The lowest BCUT2D eigenvalue weighted by Crippen LogP contribution is -2.44. The Morgan fingerprint density at radius 1 is 1.29 bits per heavy atom. The van der Waals surface area contributed by atoms with Crippen LogP contribution in [0.3, 0.4) is 0 Å². The number of aromatic nitrogens is 1. The molecular weight excluding hydrogens is 306 g/mol. The highest BCUT2D eigenvalue weighted by molar-refractivity contribution is 6.07. The molecule has 0 spiro atoms. The summed E-state index contributed by atoms with van der Waals surface area (Å²) in [6, 6.07) is 8.46. The van der Waals surface area contributed by atoms with E-state index < -0.39 is 6.04 Å². The molecule has 0 saturated carbocycles. The van der Waals surface area contributed by atoms with Crippen molar-refractivity contribution in [1.29, 1.82) is 0 Å². The van der Waals surface area contributed by atoms with E-state index in [4.69, 9.17) is 0 Å². The number of nitrogens with zero attached hydrogens (tertiary/aromatic N) is 2. The van der Waals surface area contributed by atoms with Gasteiger partial charge in [-0.05, 0) is 25.5 Å². The van der Waals surface area contributed by atoms with Crippen LogP contribution in [0.15, 0.2) is 36.5 Å². The van der Waals surface area contributed by atoms with Crippen molar-refractivity contribution in [3.05, 3.63) is 42.1 Å². The van der Waals surface area contributed by atoms with Crippen LogP contribution in [0.2, 0.25) is 0 Å². The van der Waals surface area contributed by atoms with Crippen molar-refractivity contribution in [2.45, 2.75) is 38.8 Å². The second-order valence-corrected chi connectivity index (χ2v) is 6.19. The van der Waals surface area contributed by atoms with Crippen molar-refractivity contribution in [3.63, 3.8) is 0 Å². The van der Waals surface area contributed by atoms with E-state index >= 15 is 0 Å². The fourth-order valence-electron chi connectivity index (χ4n) is 3.03. The van der Waals surface area contributed by atoms with Gasteiger partial charge in [0.1, 0.15) is 6.04 Å². The van der Waals surface area contributed by atoms with E-state index in [1.54, 1.807) is 20.0 Å². The van der Waals surface area contributed by atoms with Crippen molar-refractivity contribution in [3.8, 4) is 0 Å². The van der Waals surface area contributed by atoms with Crippen LogP contribution in [0.4, 0.5) is 0 Å². The fraction of sp³-hybridized carbons (Fsp3) is 0.333. The molecule has 2 heterocycles. The van der Waals surface area contributed by atoms with Crippen LogP contribution in [0.25, 0.3) is 10.9 Å². The zero-order valence-corrected chi connectivity index (χ0v) is 13.7. The molecule has 1 saturated heterocycles. The van der Waals surface area contributed by atoms with Gasteiger partial charge >= 0.3 is 0 Å². The van der Waals surface area contributed by atoms with E-state index in [2.05, 4.69) is 10.3 Å². The predicted molar refractivity (Wildman–Crippen MR) is 89.0 cm³/mol. The standard InChI is InChI=1S/C18H19N3O3/c1-11(2)21-16(23)10-14(18(21)24)20-15(22)9-13-6-3-5-12-7-4-8-19-17(12)13/h3-8,11,14H,9-10H2,1-2H3,(H,20,22)/t14-/m1/s1. The smallest absolute Gasteiger partial charge is 0.252 e. The summed E-state index contributed by atoms with van der Waals surface area (Å²) in [5.74, 6) is -0.864. The van der Waals surface area contributed by atoms with Gasteiger partial charge in [-0.1, -0.05) is 24.3 Å². The summed E-state index contributed by atoms with van der Waals surface area (Å²) in [6.07, 6.45) is 1.83. The Hall–Kier alpha value is -2.76. The van der Waals surface area contributed by atoms with Gasteiger partial charge in [0.25, 0.3) is 5.91 Å². The van der Waals surface area contributed by atoms with Crippen LogP contribution >= 0.6 is 0 Å². The monoisotopic (exact) mass is 325 g/mol. The van der Waals surface area contributed by atoms with Gasteiger partial charge in [-0.25, -0.2) is 0 Å². The molecule has 24 heavy (non-hydrogen) atoms. The largest absolute Gasteiger partial charge is 0.343 e. The number of hydrogen-bond donors (Lipinski definition) is 1. The number of amides is 3. The first-order valence-corrected chi connectivity index (χ1v) is 7.95. The van der Waals surface area contributed by atoms with Crippen LogP contribution in [0, 0.1) is 0 Å². The molecule has 2 aromatic rings. The lowest BCUT2D eigenvalue weighted by Gasteiger charge is -2.19. The highest BCUT2D eigenvalue weighted by Gasteiger charge is 2.40. The molecule has 0 unspecified atom stereocenters. The molecule has 0 radical (unpaired) electrons. The molecule has 1 aliphatic heterocycles. The van der Waals surface area contributed by atoms with Gasteiger partial charge in [-0.2, -0.15) is 0 Å². The molecule has 3 rings (SSSR count). The fourth-order valence-corrected chi connectivity index (χ4v) is 3.03. The van der Waals surface area contributed by atoms with Gasteiger partial charge in [0, 0.05) is 17.6 Å². The summed E-state index contributed by atoms with van der Waals surface area (Å²) in [5, 5.41) is 3.64. The quantitative estimate of drug-likeness (QED) is 0.863. The SMILES string of the molecule is CC(C)N1C(=O)C[C@@H](NC(=O)Cc2cccc3cccnc23)C1=O. The maximum atomic E-state index is 12.3. The van der Waals surface area contributed by atoms with Crippen LogP contribution in [-0.4, -0.2) is 39.7 Å². The lowest BCUT2D eigenvalue weighted by molar-refractivity contribution is -0.141. The average molecular weight is 325 g/mol. The van der Waals surface area contributed by atoms with Crippen molar-refractivity contribution < 1.29 is 14.4 Å². The number of nitrogens with one attached hydrogen (secondary N) is 1. The number of carbonyl (C=O) groups is 3. The number of fused-ring (bicyclic) bond motifs is 1. The minimum atomic E-state index is -0.768. The van der Waals surface area contributed by atoms with Gasteiger partial charge in [0.05, 0.1) is 18.4 Å². The molecule has 1 aliphatic rings. The Morgan fingerprint density at radius 3 is 2.75 bits per heavy atom. The minimum absolute atomic E-state index is 0.0243. The predicted octanol–water partition coefficient (Wildman–Crippen LogP) is 1.43. The molecule has 124 valence electrons. The van der Waals surface area contributed by atoms with Crippen molar-refractivity contribution in [2.75, 3.05) is 0 Å². The number of para-hydroxylation sites is 1. The Morgan fingerprint density at radius 2 is 2.04 bits per heavy atom. The molecular formula is C18H19N3O3. The van der Waals surface area contributed by atoms with E-state index in [1.807, 2.05) is 30.3 Å². The normalized spacial score (nSPS) is 17.8.